The molecule has 0 aromatic carbocycles. The second-order valence-electron chi connectivity index (χ2n) is 6.03. The van der Waals surface area contributed by atoms with Gasteiger partial charge in [0.25, 0.3) is 0 Å². The van der Waals surface area contributed by atoms with Gasteiger partial charge in [0.15, 0.2) is 11.5 Å². The normalized spacial score (nSPS) is 18.6. The minimum absolute atomic E-state index is 0.139. The first-order valence-corrected chi connectivity index (χ1v) is 8.12. The third kappa shape index (κ3) is 3.31. The summed E-state index contributed by atoms with van der Waals surface area (Å²) < 4.78 is 6.02. The van der Waals surface area contributed by atoms with E-state index in [9.17, 15) is 0 Å². The summed E-state index contributed by atoms with van der Waals surface area (Å²) in [6, 6.07) is 5.81. The number of aromatic amines is 1. The van der Waals surface area contributed by atoms with E-state index in [2.05, 4.69) is 30.5 Å². The van der Waals surface area contributed by atoms with Gasteiger partial charge in [-0.2, -0.15) is 10.4 Å². The van der Waals surface area contributed by atoms with Crippen molar-refractivity contribution < 1.29 is 4.74 Å². The molecule has 0 atom stereocenters. The van der Waals surface area contributed by atoms with Gasteiger partial charge < -0.3 is 15.8 Å². The Balaban J connectivity index is 1.51. The third-order valence-corrected chi connectivity index (χ3v) is 4.10. The predicted molar refractivity (Wildman–Crippen MR) is 93.5 cm³/mol. The van der Waals surface area contributed by atoms with Crippen LogP contribution in [0, 0.1) is 11.3 Å². The van der Waals surface area contributed by atoms with E-state index in [0.717, 1.165) is 29.8 Å². The molecule has 0 aliphatic heterocycles. The maximum atomic E-state index is 8.76. The van der Waals surface area contributed by atoms with Crippen molar-refractivity contribution in [2.75, 3.05) is 5.32 Å². The van der Waals surface area contributed by atoms with E-state index in [0.29, 0.717) is 11.6 Å². The lowest BCUT2D eigenvalue weighted by atomic mass is 9.90. The van der Waals surface area contributed by atoms with E-state index >= 15 is 0 Å². The molecule has 3 aromatic rings. The summed E-state index contributed by atoms with van der Waals surface area (Å²) in [5, 5.41) is 19.0. The molecule has 4 N–H and O–H groups in total. The molecule has 0 saturated heterocycles. The fourth-order valence-corrected chi connectivity index (χ4v) is 2.67. The lowest BCUT2D eigenvalue weighted by Gasteiger charge is -2.33. The van der Waals surface area contributed by atoms with Gasteiger partial charge in [-0.05, 0) is 18.9 Å². The maximum absolute atomic E-state index is 8.76. The highest BCUT2D eigenvalue weighted by molar-refractivity contribution is 5.69. The van der Waals surface area contributed by atoms with E-state index in [4.69, 9.17) is 15.7 Å². The summed E-state index contributed by atoms with van der Waals surface area (Å²) in [6.07, 6.45) is 8.15. The number of hydrogen-bond acceptors (Lipinski definition) is 8. The van der Waals surface area contributed by atoms with Crippen LogP contribution in [0.25, 0.3) is 11.3 Å². The van der Waals surface area contributed by atoms with Crippen LogP contribution in [0.2, 0.25) is 0 Å². The number of pyridine rings is 1. The Kier molecular flexibility index (Phi) is 4.17. The van der Waals surface area contributed by atoms with E-state index in [1.165, 1.54) is 12.4 Å². The second kappa shape index (κ2) is 6.78. The highest BCUT2D eigenvalue weighted by Gasteiger charge is 2.28. The summed E-state index contributed by atoms with van der Waals surface area (Å²) in [6.45, 7) is 0. The molecule has 26 heavy (non-hydrogen) atoms. The Morgan fingerprint density at radius 1 is 1.23 bits per heavy atom. The number of anilines is 2. The molecule has 1 aliphatic carbocycles. The molecular weight excluding hydrogens is 332 g/mol. The van der Waals surface area contributed by atoms with Crippen LogP contribution >= 0.6 is 0 Å². The molecule has 0 unspecified atom stereocenters. The Labute approximate surface area is 149 Å². The van der Waals surface area contributed by atoms with Crippen LogP contribution < -0.4 is 15.8 Å². The van der Waals surface area contributed by atoms with Crippen LogP contribution in [0.5, 0.6) is 5.75 Å². The zero-order chi connectivity index (χ0) is 17.9. The molecule has 1 saturated carbocycles. The SMILES string of the molecule is N#Cc1cnc(Nc2cc(-c3cnccc3OC3CC(N)C3)[nH]n2)cn1. The first-order chi connectivity index (χ1) is 12.7. The van der Waals surface area contributed by atoms with Gasteiger partial charge in [0.2, 0.25) is 0 Å². The molecule has 0 amide bonds. The Hall–Kier alpha value is -3.51. The van der Waals surface area contributed by atoms with E-state index in [1.807, 2.05) is 18.2 Å². The van der Waals surface area contributed by atoms with Crippen LogP contribution in [-0.2, 0) is 0 Å². The number of ether oxygens (including phenoxy) is 1. The van der Waals surface area contributed by atoms with Crippen LogP contribution in [0.4, 0.5) is 11.6 Å². The zero-order valence-electron chi connectivity index (χ0n) is 13.8. The predicted octanol–water partition coefficient (Wildman–Crippen LogP) is 1.75. The number of hydrogen-bond donors (Lipinski definition) is 3. The van der Waals surface area contributed by atoms with Crippen LogP contribution in [0.3, 0.4) is 0 Å². The van der Waals surface area contributed by atoms with E-state index < -0.39 is 0 Å². The smallest absolute Gasteiger partial charge is 0.158 e. The van der Waals surface area contributed by atoms with Crippen molar-refractivity contribution >= 4 is 11.6 Å². The first kappa shape index (κ1) is 16.0. The topological polar surface area (TPSA) is 138 Å². The zero-order valence-corrected chi connectivity index (χ0v) is 13.8. The van der Waals surface area contributed by atoms with Gasteiger partial charge in [0, 0.05) is 24.5 Å². The Morgan fingerprint density at radius 2 is 2.12 bits per heavy atom. The average Bonchev–Trinajstić information content (AvgIpc) is 3.10. The molecule has 0 bridgehead atoms. The molecule has 0 radical (unpaired) electrons. The highest BCUT2D eigenvalue weighted by Crippen LogP contribution is 2.33. The number of aromatic nitrogens is 5. The summed E-state index contributed by atoms with van der Waals surface area (Å²) >= 11 is 0. The summed E-state index contributed by atoms with van der Waals surface area (Å²) in [5.74, 6) is 1.80. The fourth-order valence-electron chi connectivity index (χ4n) is 2.67. The monoisotopic (exact) mass is 348 g/mol. The van der Waals surface area contributed by atoms with Gasteiger partial charge >= 0.3 is 0 Å². The molecular formula is C17H16N8O. The minimum Gasteiger partial charge on any atom is -0.489 e. The van der Waals surface area contributed by atoms with Crippen molar-refractivity contribution in [2.45, 2.75) is 25.0 Å². The number of rotatable bonds is 5. The summed E-state index contributed by atoms with van der Waals surface area (Å²) in [5.41, 5.74) is 7.66. The van der Waals surface area contributed by atoms with E-state index in [1.54, 1.807) is 12.4 Å². The molecule has 1 aliphatic rings. The molecule has 130 valence electrons. The average molecular weight is 348 g/mol. The van der Waals surface area contributed by atoms with Crippen molar-refractivity contribution in [2.24, 2.45) is 5.73 Å². The Morgan fingerprint density at radius 3 is 2.85 bits per heavy atom. The lowest BCUT2D eigenvalue weighted by molar-refractivity contribution is 0.101. The molecule has 9 heteroatoms. The molecule has 0 spiro atoms. The number of H-pyrrole nitrogens is 1. The van der Waals surface area contributed by atoms with Crippen molar-refractivity contribution in [3.05, 3.63) is 42.6 Å². The molecule has 9 nitrogen and oxygen atoms in total. The van der Waals surface area contributed by atoms with Crippen molar-refractivity contribution in [1.82, 2.24) is 25.1 Å². The standard InChI is InChI=1S/C17H16N8O/c18-6-11-7-22-17(9-21-11)23-16-5-14(24-25-16)13-8-20-2-1-15(13)26-12-3-10(19)4-12/h1-2,5,7-10,12H,3-4,19H2,(H2,22,23,24,25). The van der Waals surface area contributed by atoms with Crippen molar-refractivity contribution in [1.29, 1.82) is 5.26 Å². The first-order valence-electron chi connectivity index (χ1n) is 8.12. The lowest BCUT2D eigenvalue weighted by Crippen LogP contribution is -2.43. The van der Waals surface area contributed by atoms with Crippen LogP contribution in [-0.4, -0.2) is 37.3 Å². The van der Waals surface area contributed by atoms with Gasteiger partial charge in [-0.3, -0.25) is 10.1 Å². The maximum Gasteiger partial charge on any atom is 0.158 e. The Bertz CT molecular complexity index is 940. The van der Waals surface area contributed by atoms with Crippen LogP contribution in [0.15, 0.2) is 36.9 Å². The quantitative estimate of drug-likeness (QED) is 0.634. The number of nitrogens with two attached hydrogens (primary N) is 1. The number of nitrogens with one attached hydrogen (secondary N) is 2. The largest absolute Gasteiger partial charge is 0.489 e. The van der Waals surface area contributed by atoms with Gasteiger partial charge in [0.1, 0.15) is 23.7 Å². The molecule has 1 fully saturated rings. The third-order valence-electron chi connectivity index (χ3n) is 4.10. The van der Waals surface area contributed by atoms with Gasteiger partial charge in [-0.1, -0.05) is 0 Å². The van der Waals surface area contributed by atoms with Gasteiger partial charge in [0.05, 0.1) is 23.7 Å². The molecule has 3 aromatic heterocycles. The fraction of sp³-hybridized carbons (Fsp3) is 0.235. The van der Waals surface area contributed by atoms with Crippen LogP contribution in [0.1, 0.15) is 18.5 Å². The second-order valence-corrected chi connectivity index (χ2v) is 6.03. The van der Waals surface area contributed by atoms with Crippen molar-refractivity contribution in [3.8, 4) is 23.1 Å². The van der Waals surface area contributed by atoms with Crippen molar-refractivity contribution in [3.63, 3.8) is 0 Å². The summed E-state index contributed by atoms with van der Waals surface area (Å²) in [7, 11) is 0. The highest BCUT2D eigenvalue weighted by atomic mass is 16.5. The van der Waals surface area contributed by atoms with Gasteiger partial charge in [-0.25, -0.2) is 9.97 Å². The molecule has 4 rings (SSSR count). The number of nitrogens with zero attached hydrogens (tertiary/aromatic N) is 5. The minimum atomic E-state index is 0.139. The number of nitriles is 1. The van der Waals surface area contributed by atoms with E-state index in [-0.39, 0.29) is 17.8 Å². The van der Waals surface area contributed by atoms with Gasteiger partial charge in [-0.15, -0.1) is 0 Å². The molecule has 3 heterocycles. The summed E-state index contributed by atoms with van der Waals surface area (Å²) in [4.78, 5) is 12.2.